The first-order valence-electron chi connectivity index (χ1n) is 4.03. The zero-order valence-electron chi connectivity index (χ0n) is 7.76. The predicted octanol–water partition coefficient (Wildman–Crippen LogP) is 1.18. The molecule has 2 aromatic rings. The van der Waals surface area contributed by atoms with E-state index in [1.54, 1.807) is 18.7 Å². The van der Waals surface area contributed by atoms with Crippen LogP contribution in [0.5, 0.6) is 0 Å². The summed E-state index contributed by atoms with van der Waals surface area (Å²) in [4.78, 5) is 14.0. The minimum Gasteiger partial charge on any atom is -0.258 e. The maximum atomic E-state index is 10.5. The summed E-state index contributed by atoms with van der Waals surface area (Å²) in [5.41, 5.74) is 1.40. The highest BCUT2D eigenvalue weighted by Crippen LogP contribution is 2.20. The van der Waals surface area contributed by atoms with Gasteiger partial charge in [0.15, 0.2) is 5.65 Å². The number of rotatable bonds is 1. The van der Waals surface area contributed by atoms with Gasteiger partial charge in [0.2, 0.25) is 0 Å². The van der Waals surface area contributed by atoms with Crippen molar-refractivity contribution in [2.24, 2.45) is 7.05 Å². The molecular formula is C8H8N4O2. The fourth-order valence-electron chi connectivity index (χ4n) is 1.40. The van der Waals surface area contributed by atoms with Gasteiger partial charge in [-0.1, -0.05) is 0 Å². The van der Waals surface area contributed by atoms with Crippen LogP contribution in [-0.2, 0) is 7.05 Å². The van der Waals surface area contributed by atoms with Crippen molar-refractivity contribution in [1.82, 2.24) is 14.8 Å². The Morgan fingerprint density at radius 1 is 1.57 bits per heavy atom. The fraction of sp³-hybridized carbons (Fsp3) is 0.250. The quantitative estimate of drug-likeness (QED) is 0.502. The number of hydrogen-bond donors (Lipinski definition) is 0. The number of aryl methyl sites for hydroxylation is 2. The van der Waals surface area contributed by atoms with E-state index in [-0.39, 0.29) is 5.69 Å². The summed E-state index contributed by atoms with van der Waals surface area (Å²) >= 11 is 0. The molecule has 0 aromatic carbocycles. The Labute approximate surface area is 79.3 Å². The number of hydrogen-bond acceptors (Lipinski definition) is 4. The van der Waals surface area contributed by atoms with Crippen LogP contribution in [0.2, 0.25) is 0 Å². The fourth-order valence-corrected chi connectivity index (χ4v) is 1.40. The predicted molar refractivity (Wildman–Crippen MR) is 49.9 cm³/mol. The van der Waals surface area contributed by atoms with Crippen LogP contribution in [-0.4, -0.2) is 19.7 Å². The zero-order chi connectivity index (χ0) is 10.3. The normalized spacial score (nSPS) is 10.7. The van der Waals surface area contributed by atoms with E-state index in [0.29, 0.717) is 5.65 Å². The van der Waals surface area contributed by atoms with Gasteiger partial charge in [0.05, 0.1) is 10.6 Å². The summed E-state index contributed by atoms with van der Waals surface area (Å²) in [7, 11) is 1.76. The molecule has 0 N–H and O–H groups in total. The molecule has 0 aliphatic heterocycles. The van der Waals surface area contributed by atoms with Gasteiger partial charge >= 0.3 is 0 Å². The Morgan fingerprint density at radius 3 is 2.93 bits per heavy atom. The Bertz CT molecular complexity index is 517. The van der Waals surface area contributed by atoms with Gasteiger partial charge in [-0.2, -0.15) is 5.10 Å². The molecule has 0 spiro atoms. The van der Waals surface area contributed by atoms with E-state index in [2.05, 4.69) is 10.1 Å². The highest BCUT2D eigenvalue weighted by molar-refractivity contribution is 5.80. The van der Waals surface area contributed by atoms with Crippen LogP contribution in [0.4, 0.5) is 5.69 Å². The number of pyridine rings is 1. The van der Waals surface area contributed by atoms with E-state index in [1.165, 1.54) is 12.3 Å². The summed E-state index contributed by atoms with van der Waals surface area (Å²) in [6.45, 7) is 1.80. The number of nitrogens with zero attached hydrogens (tertiary/aromatic N) is 4. The number of fused-ring (bicyclic) bond motifs is 1. The summed E-state index contributed by atoms with van der Waals surface area (Å²) in [5.74, 6) is 0. The van der Waals surface area contributed by atoms with Crippen LogP contribution in [0.3, 0.4) is 0 Å². The van der Waals surface area contributed by atoms with Crippen molar-refractivity contribution in [3.8, 4) is 0 Å². The molecule has 0 saturated heterocycles. The molecule has 6 nitrogen and oxygen atoms in total. The third-order valence-corrected chi connectivity index (χ3v) is 2.06. The lowest BCUT2D eigenvalue weighted by Gasteiger charge is -1.92. The topological polar surface area (TPSA) is 73.8 Å². The molecule has 0 unspecified atom stereocenters. The molecule has 0 saturated carbocycles. The standard InChI is InChI=1S/C8H8N4O2/c1-5-7-3-6(12(13)14)4-9-8(7)11(2)10-5/h3-4H,1-2H3. The van der Waals surface area contributed by atoms with E-state index >= 15 is 0 Å². The van der Waals surface area contributed by atoms with Gasteiger partial charge in [0.25, 0.3) is 5.69 Å². The van der Waals surface area contributed by atoms with Crippen LogP contribution < -0.4 is 0 Å². The summed E-state index contributed by atoms with van der Waals surface area (Å²) in [5, 5.41) is 15.3. The monoisotopic (exact) mass is 192 g/mol. The maximum Gasteiger partial charge on any atom is 0.288 e. The van der Waals surface area contributed by atoms with Crippen molar-refractivity contribution < 1.29 is 4.92 Å². The van der Waals surface area contributed by atoms with Crippen molar-refractivity contribution in [3.05, 3.63) is 28.1 Å². The van der Waals surface area contributed by atoms with E-state index in [4.69, 9.17) is 0 Å². The van der Waals surface area contributed by atoms with Crippen LogP contribution in [0.25, 0.3) is 11.0 Å². The SMILES string of the molecule is Cc1nn(C)c2ncc([N+](=O)[O-])cc12. The highest BCUT2D eigenvalue weighted by atomic mass is 16.6. The zero-order valence-corrected chi connectivity index (χ0v) is 7.76. The molecule has 0 aliphatic carbocycles. The Morgan fingerprint density at radius 2 is 2.29 bits per heavy atom. The molecule has 0 radical (unpaired) electrons. The van der Waals surface area contributed by atoms with Crippen LogP contribution >= 0.6 is 0 Å². The molecule has 72 valence electrons. The molecule has 2 aromatic heterocycles. The molecule has 0 atom stereocenters. The lowest BCUT2D eigenvalue weighted by Crippen LogP contribution is -1.93. The molecule has 2 rings (SSSR count). The average molecular weight is 192 g/mol. The van der Waals surface area contributed by atoms with Crippen molar-refractivity contribution in [3.63, 3.8) is 0 Å². The van der Waals surface area contributed by atoms with Gasteiger partial charge in [0, 0.05) is 18.5 Å². The third-order valence-electron chi connectivity index (χ3n) is 2.06. The molecule has 0 fully saturated rings. The second kappa shape index (κ2) is 2.76. The van der Waals surface area contributed by atoms with Crippen molar-refractivity contribution in [1.29, 1.82) is 0 Å². The smallest absolute Gasteiger partial charge is 0.258 e. The molecule has 0 amide bonds. The van der Waals surface area contributed by atoms with Gasteiger partial charge < -0.3 is 0 Å². The first-order chi connectivity index (χ1) is 6.59. The minimum absolute atomic E-state index is 0.00593. The molecule has 6 heteroatoms. The number of aromatic nitrogens is 3. The average Bonchev–Trinajstić information content (AvgIpc) is 2.42. The molecule has 14 heavy (non-hydrogen) atoms. The summed E-state index contributed by atoms with van der Waals surface area (Å²) in [6.07, 6.45) is 1.24. The first-order valence-corrected chi connectivity index (χ1v) is 4.03. The van der Waals surface area contributed by atoms with Crippen molar-refractivity contribution in [2.45, 2.75) is 6.92 Å². The summed E-state index contributed by atoms with van der Waals surface area (Å²) in [6, 6.07) is 1.49. The van der Waals surface area contributed by atoms with E-state index in [0.717, 1.165) is 11.1 Å². The molecule has 0 bridgehead atoms. The van der Waals surface area contributed by atoms with E-state index in [9.17, 15) is 10.1 Å². The van der Waals surface area contributed by atoms with Crippen LogP contribution in [0, 0.1) is 17.0 Å². The van der Waals surface area contributed by atoms with E-state index in [1.807, 2.05) is 0 Å². The van der Waals surface area contributed by atoms with Gasteiger partial charge in [-0.15, -0.1) is 0 Å². The maximum absolute atomic E-state index is 10.5. The Kier molecular flexibility index (Phi) is 1.70. The lowest BCUT2D eigenvalue weighted by molar-refractivity contribution is -0.385. The van der Waals surface area contributed by atoms with Crippen LogP contribution in [0.15, 0.2) is 12.3 Å². The highest BCUT2D eigenvalue weighted by Gasteiger charge is 2.12. The van der Waals surface area contributed by atoms with Gasteiger partial charge in [-0.05, 0) is 6.92 Å². The lowest BCUT2D eigenvalue weighted by atomic mass is 10.2. The summed E-state index contributed by atoms with van der Waals surface area (Å²) < 4.78 is 1.61. The molecule has 0 aliphatic rings. The van der Waals surface area contributed by atoms with Gasteiger partial charge in [-0.25, -0.2) is 4.98 Å². The second-order valence-electron chi connectivity index (χ2n) is 3.03. The van der Waals surface area contributed by atoms with Gasteiger partial charge in [-0.3, -0.25) is 14.8 Å². The van der Waals surface area contributed by atoms with E-state index < -0.39 is 4.92 Å². The molecular weight excluding hydrogens is 184 g/mol. The Hall–Kier alpha value is -1.98. The third kappa shape index (κ3) is 1.12. The second-order valence-corrected chi connectivity index (χ2v) is 3.03. The van der Waals surface area contributed by atoms with Crippen LogP contribution in [0.1, 0.15) is 5.69 Å². The van der Waals surface area contributed by atoms with Crippen molar-refractivity contribution in [2.75, 3.05) is 0 Å². The number of nitro groups is 1. The Balaban J connectivity index is 2.77. The minimum atomic E-state index is -0.459. The first kappa shape index (κ1) is 8.61. The molecule has 2 heterocycles. The van der Waals surface area contributed by atoms with Gasteiger partial charge in [0.1, 0.15) is 6.20 Å². The van der Waals surface area contributed by atoms with Crippen molar-refractivity contribution >= 4 is 16.7 Å². The largest absolute Gasteiger partial charge is 0.288 e.